The predicted octanol–water partition coefficient (Wildman–Crippen LogP) is 7.29. The van der Waals surface area contributed by atoms with E-state index in [4.69, 9.17) is 34.8 Å². The molecule has 158 valence electrons. The average molecular weight is 492 g/mol. The van der Waals surface area contributed by atoms with Crippen molar-refractivity contribution in [2.24, 2.45) is 0 Å². The molecule has 0 bridgehead atoms. The Morgan fingerprint density at radius 3 is 2.39 bits per heavy atom. The molecule has 0 atom stereocenters. The Bertz CT molecular complexity index is 1250. The van der Waals surface area contributed by atoms with E-state index in [0.717, 1.165) is 40.0 Å². The van der Waals surface area contributed by atoms with E-state index in [1.807, 2.05) is 48.7 Å². The Balaban J connectivity index is 1.63. The van der Waals surface area contributed by atoms with E-state index < -0.39 is 0 Å². The van der Waals surface area contributed by atoms with Crippen molar-refractivity contribution in [3.8, 4) is 5.69 Å². The molecule has 2 aromatic carbocycles. The van der Waals surface area contributed by atoms with Gasteiger partial charge in [0.25, 0.3) is 11.1 Å². The Morgan fingerprint density at radius 1 is 0.935 bits per heavy atom. The molecule has 4 nitrogen and oxygen atoms in total. The second-order valence-electron chi connectivity index (χ2n) is 7.13. The summed E-state index contributed by atoms with van der Waals surface area (Å²) in [5.41, 5.74) is 4.37. The number of imide groups is 1. The van der Waals surface area contributed by atoms with Gasteiger partial charge < -0.3 is 4.57 Å². The molecule has 0 N–H and O–H groups in total. The van der Waals surface area contributed by atoms with E-state index in [9.17, 15) is 9.59 Å². The summed E-state index contributed by atoms with van der Waals surface area (Å²) in [6.07, 6.45) is 1.76. The first-order valence-corrected chi connectivity index (χ1v) is 11.3. The second kappa shape index (κ2) is 8.75. The van der Waals surface area contributed by atoms with Gasteiger partial charge in [-0.25, -0.2) is 0 Å². The zero-order chi connectivity index (χ0) is 22.3. The number of rotatable bonds is 4. The van der Waals surface area contributed by atoms with Crippen LogP contribution in [0.4, 0.5) is 4.79 Å². The van der Waals surface area contributed by atoms with Crippen molar-refractivity contribution in [2.45, 2.75) is 20.4 Å². The first-order valence-electron chi connectivity index (χ1n) is 9.39. The fourth-order valence-electron chi connectivity index (χ4n) is 3.54. The van der Waals surface area contributed by atoms with Gasteiger partial charge >= 0.3 is 0 Å². The molecular weight excluding hydrogens is 475 g/mol. The van der Waals surface area contributed by atoms with Crippen LogP contribution in [-0.4, -0.2) is 20.6 Å². The molecule has 3 aromatic rings. The summed E-state index contributed by atoms with van der Waals surface area (Å²) < 4.78 is 2.04. The molecule has 1 aliphatic heterocycles. The van der Waals surface area contributed by atoms with E-state index in [0.29, 0.717) is 20.0 Å². The zero-order valence-corrected chi connectivity index (χ0v) is 19.7. The van der Waals surface area contributed by atoms with Crippen LogP contribution in [0.25, 0.3) is 11.8 Å². The maximum absolute atomic E-state index is 12.9. The summed E-state index contributed by atoms with van der Waals surface area (Å²) in [5, 5.41) is 1.13. The molecule has 0 aliphatic carbocycles. The fraction of sp³-hybridized carbons (Fsp3) is 0.130. The second-order valence-corrected chi connectivity index (χ2v) is 9.34. The minimum Gasteiger partial charge on any atom is -0.316 e. The molecule has 0 saturated carbocycles. The molecule has 0 unspecified atom stereocenters. The average Bonchev–Trinajstić information content (AvgIpc) is 3.15. The van der Waals surface area contributed by atoms with E-state index in [1.165, 1.54) is 4.90 Å². The number of thioether (sulfide) groups is 1. The van der Waals surface area contributed by atoms with E-state index in [-0.39, 0.29) is 17.7 Å². The van der Waals surface area contributed by atoms with Gasteiger partial charge in [0.05, 0.1) is 32.2 Å². The largest absolute Gasteiger partial charge is 0.316 e. The van der Waals surface area contributed by atoms with Gasteiger partial charge in [-0.3, -0.25) is 14.5 Å². The van der Waals surface area contributed by atoms with Crippen LogP contribution in [-0.2, 0) is 11.3 Å². The molecule has 0 radical (unpaired) electrons. The van der Waals surface area contributed by atoms with E-state index >= 15 is 0 Å². The number of carbonyl (C=O) groups is 2. The smallest absolute Gasteiger partial charge is 0.293 e. The highest BCUT2D eigenvalue weighted by Crippen LogP contribution is 2.35. The number of halogens is 3. The molecule has 2 heterocycles. The van der Waals surface area contributed by atoms with Gasteiger partial charge in [0.2, 0.25) is 0 Å². The van der Waals surface area contributed by atoms with Crippen LogP contribution in [0.5, 0.6) is 0 Å². The number of nitrogens with zero attached hydrogens (tertiary/aromatic N) is 2. The summed E-state index contributed by atoms with van der Waals surface area (Å²) in [5.74, 6) is -0.330. The number of hydrogen-bond acceptors (Lipinski definition) is 3. The van der Waals surface area contributed by atoms with Gasteiger partial charge in [-0.1, -0.05) is 53.0 Å². The minimum absolute atomic E-state index is 0.136. The van der Waals surface area contributed by atoms with Crippen molar-refractivity contribution in [2.75, 3.05) is 0 Å². The summed E-state index contributed by atoms with van der Waals surface area (Å²) in [7, 11) is 0. The number of benzene rings is 2. The van der Waals surface area contributed by atoms with Crippen LogP contribution >= 0.6 is 46.6 Å². The number of aryl methyl sites for hydroxylation is 1. The van der Waals surface area contributed by atoms with Crippen molar-refractivity contribution in [1.29, 1.82) is 0 Å². The van der Waals surface area contributed by atoms with E-state index in [2.05, 4.69) is 0 Å². The maximum Gasteiger partial charge on any atom is 0.293 e. The fourth-order valence-corrected chi connectivity index (χ4v) is 4.91. The molecular formula is C23H17Cl3N2O2S. The standard InChI is InChI=1S/C23H17Cl3N2O2S/c1-13-9-16(14(2)28(13)20-6-4-3-5-18(20)25)11-21-22(29)27(23(30)31-21)12-15-7-8-17(24)19(26)10-15/h3-11H,12H2,1-2H3/b21-11-. The number of carbonyl (C=O) groups excluding carboxylic acids is 2. The van der Waals surface area contributed by atoms with Crippen LogP contribution in [0.15, 0.2) is 53.4 Å². The third-order valence-corrected chi connectivity index (χ3v) is 7.01. The highest BCUT2D eigenvalue weighted by atomic mass is 35.5. The highest BCUT2D eigenvalue weighted by Gasteiger charge is 2.35. The molecule has 0 spiro atoms. The molecule has 31 heavy (non-hydrogen) atoms. The molecule has 4 rings (SSSR count). The molecule has 2 amide bonds. The van der Waals surface area contributed by atoms with Gasteiger partial charge in [-0.15, -0.1) is 0 Å². The lowest BCUT2D eigenvalue weighted by molar-refractivity contribution is -0.123. The Kier molecular flexibility index (Phi) is 6.22. The van der Waals surface area contributed by atoms with Crippen LogP contribution in [0.2, 0.25) is 15.1 Å². The number of aromatic nitrogens is 1. The summed E-state index contributed by atoms with van der Waals surface area (Å²) in [6.45, 7) is 4.07. The summed E-state index contributed by atoms with van der Waals surface area (Å²) >= 11 is 19.3. The number of hydrogen-bond donors (Lipinski definition) is 0. The molecule has 1 fully saturated rings. The quantitative estimate of drug-likeness (QED) is 0.360. The predicted molar refractivity (Wildman–Crippen MR) is 128 cm³/mol. The van der Waals surface area contributed by atoms with Gasteiger partial charge in [-0.2, -0.15) is 0 Å². The van der Waals surface area contributed by atoms with Gasteiger partial charge in [-0.05, 0) is 73.1 Å². The third-order valence-electron chi connectivity index (χ3n) is 5.05. The van der Waals surface area contributed by atoms with Crippen LogP contribution in [0.3, 0.4) is 0 Å². The first kappa shape index (κ1) is 22.0. The topological polar surface area (TPSA) is 42.3 Å². The van der Waals surface area contributed by atoms with Crippen LogP contribution in [0, 0.1) is 13.8 Å². The normalized spacial score (nSPS) is 15.4. The summed E-state index contributed by atoms with van der Waals surface area (Å²) in [6, 6.07) is 14.6. The van der Waals surface area contributed by atoms with Gasteiger partial charge in [0, 0.05) is 11.4 Å². The van der Waals surface area contributed by atoms with Crippen molar-refractivity contribution in [1.82, 2.24) is 9.47 Å². The van der Waals surface area contributed by atoms with Crippen molar-refractivity contribution in [3.63, 3.8) is 0 Å². The molecule has 1 aromatic heterocycles. The Labute approximate surface area is 199 Å². The highest BCUT2D eigenvalue weighted by molar-refractivity contribution is 8.18. The first-order chi connectivity index (χ1) is 14.8. The van der Waals surface area contributed by atoms with Gasteiger partial charge in [0.1, 0.15) is 0 Å². The third kappa shape index (κ3) is 4.28. The molecule has 8 heteroatoms. The lowest BCUT2D eigenvalue weighted by atomic mass is 10.2. The summed E-state index contributed by atoms with van der Waals surface area (Å²) in [4.78, 5) is 27.0. The van der Waals surface area contributed by atoms with Crippen LogP contribution in [0.1, 0.15) is 22.5 Å². The van der Waals surface area contributed by atoms with Crippen LogP contribution < -0.4 is 0 Å². The lowest BCUT2D eigenvalue weighted by Gasteiger charge is -2.13. The van der Waals surface area contributed by atoms with Crippen molar-refractivity contribution < 1.29 is 9.59 Å². The van der Waals surface area contributed by atoms with E-state index in [1.54, 1.807) is 24.3 Å². The Hall–Kier alpha value is -2.18. The number of amides is 2. The lowest BCUT2D eigenvalue weighted by Crippen LogP contribution is -2.27. The Morgan fingerprint density at radius 2 is 1.68 bits per heavy atom. The SMILES string of the molecule is Cc1cc(/C=C2\SC(=O)N(Cc3ccc(Cl)c(Cl)c3)C2=O)c(C)n1-c1ccccc1Cl. The molecule has 1 saturated heterocycles. The van der Waals surface area contributed by atoms with Crippen molar-refractivity contribution in [3.05, 3.63) is 91.0 Å². The monoisotopic (exact) mass is 490 g/mol. The van der Waals surface area contributed by atoms with Crippen molar-refractivity contribution >= 4 is 63.8 Å². The maximum atomic E-state index is 12.9. The minimum atomic E-state index is -0.330. The zero-order valence-electron chi connectivity index (χ0n) is 16.7. The number of para-hydroxylation sites is 1. The van der Waals surface area contributed by atoms with Gasteiger partial charge in [0.15, 0.2) is 0 Å². The molecule has 1 aliphatic rings.